The van der Waals surface area contributed by atoms with Crippen LogP contribution < -0.4 is 0 Å². The third kappa shape index (κ3) is 6.80. The summed E-state index contributed by atoms with van der Waals surface area (Å²) in [6, 6.07) is 6.54. The summed E-state index contributed by atoms with van der Waals surface area (Å²) in [5.41, 5.74) is 14.8. The smallest absolute Gasteiger partial charge is 0.305 e. The van der Waals surface area contributed by atoms with E-state index in [0.717, 1.165) is 73.5 Å². The summed E-state index contributed by atoms with van der Waals surface area (Å²) in [4.78, 5) is 30.0. The predicted octanol–water partition coefficient (Wildman–Crippen LogP) is 8.54. The number of nitrogens with zero attached hydrogens (tertiary/aromatic N) is 2. The van der Waals surface area contributed by atoms with Crippen molar-refractivity contribution in [1.29, 1.82) is 0 Å². The number of alkyl halides is 1. The van der Waals surface area contributed by atoms with E-state index in [1.807, 2.05) is 0 Å². The zero-order valence-electron chi connectivity index (χ0n) is 28.4. The quantitative estimate of drug-likeness (QED) is 0.123. The molecule has 3 aromatic rings. The molecule has 2 N–H and O–H groups in total. The number of aromatic amines is 2. The SMILES string of the molecule is CCc1c(C)c2cc3[nH]c(cc4nc(c(C)c5nc(cc1[nH]2)C(C)=C5)[C@@H](CCC(=O)OC)[C@@H]4C)c(C)c3C(C)OCCOCCCl. The van der Waals surface area contributed by atoms with Gasteiger partial charge in [0.25, 0.3) is 0 Å². The van der Waals surface area contributed by atoms with E-state index in [9.17, 15) is 4.79 Å². The molecular formula is C37H47ClN4O4. The minimum absolute atomic E-state index is 0.0568. The number of halogens is 1. The fourth-order valence-electron chi connectivity index (χ4n) is 6.84. The van der Waals surface area contributed by atoms with Crippen LogP contribution in [0.1, 0.15) is 109 Å². The standard InChI is InChI=1S/C37H47ClN4O4/c1-9-26-21(3)30-19-34-36(25(7)46-15-14-45-13-12-38)23(5)32(41-34)18-31-22(4)27(10-11-35(43)44-8)37(42-31)24(6)29-16-20(2)28(39-29)17-33(26)40-30/h16-19,22,25,27,40-41H,9-15H2,1-8H3/t22-,25?,27-/m0/s1. The van der Waals surface area contributed by atoms with Gasteiger partial charge in [-0.3, -0.25) is 9.78 Å². The van der Waals surface area contributed by atoms with Crippen LogP contribution in [0, 0.1) is 20.8 Å². The molecule has 1 unspecified atom stereocenters. The van der Waals surface area contributed by atoms with Crippen LogP contribution in [-0.4, -0.2) is 58.7 Å². The number of hydrogen-bond donors (Lipinski definition) is 2. The molecule has 0 fully saturated rings. The van der Waals surface area contributed by atoms with Crippen LogP contribution in [0.15, 0.2) is 18.2 Å². The Balaban J connectivity index is 1.79. The third-order valence-corrected chi connectivity index (χ3v) is 9.74. The minimum Gasteiger partial charge on any atom is -0.469 e. The average Bonchev–Trinajstić information content (AvgIpc) is 3.74. The summed E-state index contributed by atoms with van der Waals surface area (Å²) in [7, 11) is 1.44. The van der Waals surface area contributed by atoms with Crippen molar-refractivity contribution in [3.05, 3.63) is 68.8 Å². The maximum Gasteiger partial charge on any atom is 0.305 e. The van der Waals surface area contributed by atoms with Gasteiger partial charge in [-0.25, -0.2) is 4.98 Å². The van der Waals surface area contributed by atoms with Crippen molar-refractivity contribution in [2.24, 2.45) is 0 Å². The average molecular weight is 647 g/mol. The first-order valence-electron chi connectivity index (χ1n) is 16.3. The molecule has 3 aromatic heterocycles. The maximum atomic E-state index is 12.2. The predicted molar refractivity (Wildman–Crippen MR) is 186 cm³/mol. The van der Waals surface area contributed by atoms with Gasteiger partial charge in [0.05, 0.1) is 44.4 Å². The van der Waals surface area contributed by atoms with E-state index in [1.165, 1.54) is 18.2 Å². The number of allylic oxidation sites excluding steroid dienone is 1. The highest BCUT2D eigenvalue weighted by Gasteiger charge is 2.31. The highest BCUT2D eigenvalue weighted by atomic mass is 35.5. The number of aromatic nitrogens is 4. The molecule has 2 aliphatic heterocycles. The van der Waals surface area contributed by atoms with Gasteiger partial charge in [0.1, 0.15) is 0 Å². The fourth-order valence-corrected chi connectivity index (χ4v) is 6.95. The first kappa shape index (κ1) is 33.9. The highest BCUT2D eigenvalue weighted by molar-refractivity contribution is 6.17. The molecule has 246 valence electrons. The fraction of sp³-hybridized carbons (Fsp3) is 0.486. The number of fused-ring (bicyclic) bond motifs is 8. The Morgan fingerprint density at radius 1 is 0.957 bits per heavy atom. The number of rotatable bonds is 11. The van der Waals surface area contributed by atoms with E-state index in [2.05, 4.69) is 82.7 Å². The first-order chi connectivity index (χ1) is 22.1. The van der Waals surface area contributed by atoms with Crippen LogP contribution in [0.25, 0.3) is 33.7 Å². The lowest BCUT2D eigenvalue weighted by Crippen LogP contribution is -2.09. The van der Waals surface area contributed by atoms with Crippen LogP contribution in [0.3, 0.4) is 0 Å². The molecule has 0 saturated heterocycles. The number of methoxy groups -OCH3 is 1. The van der Waals surface area contributed by atoms with Gasteiger partial charge < -0.3 is 24.2 Å². The molecule has 46 heavy (non-hydrogen) atoms. The van der Waals surface area contributed by atoms with E-state index >= 15 is 0 Å². The molecule has 9 heteroatoms. The molecular weight excluding hydrogens is 600 g/mol. The van der Waals surface area contributed by atoms with Crippen LogP contribution >= 0.6 is 11.6 Å². The van der Waals surface area contributed by atoms with Crippen LogP contribution in [-0.2, 0) is 25.4 Å². The molecule has 0 aliphatic carbocycles. The summed E-state index contributed by atoms with van der Waals surface area (Å²) < 4.78 is 16.9. The monoisotopic (exact) mass is 646 g/mol. The van der Waals surface area contributed by atoms with Crippen molar-refractivity contribution in [2.75, 3.05) is 32.8 Å². The molecule has 0 spiro atoms. The van der Waals surface area contributed by atoms with E-state index in [0.29, 0.717) is 38.5 Å². The molecule has 0 amide bonds. The molecule has 8 bridgehead atoms. The summed E-state index contributed by atoms with van der Waals surface area (Å²) >= 11 is 5.77. The minimum atomic E-state index is -0.210. The first-order valence-corrected chi connectivity index (χ1v) is 16.9. The van der Waals surface area contributed by atoms with Crippen molar-refractivity contribution >= 4 is 51.3 Å². The second kappa shape index (κ2) is 14.5. The molecule has 5 heterocycles. The lowest BCUT2D eigenvalue weighted by Gasteiger charge is -2.16. The van der Waals surface area contributed by atoms with Crippen LogP contribution in [0.4, 0.5) is 0 Å². The summed E-state index contributed by atoms with van der Waals surface area (Å²) in [6.07, 6.45) is 3.84. The van der Waals surface area contributed by atoms with Gasteiger partial charge >= 0.3 is 5.97 Å². The molecule has 0 radical (unpaired) electrons. The summed E-state index contributed by atoms with van der Waals surface area (Å²) in [6.45, 7) is 16.5. The zero-order chi connectivity index (χ0) is 33.1. The maximum absolute atomic E-state index is 12.2. The van der Waals surface area contributed by atoms with Gasteiger partial charge in [-0.1, -0.05) is 13.8 Å². The van der Waals surface area contributed by atoms with E-state index in [1.54, 1.807) is 0 Å². The molecule has 2 aliphatic rings. The van der Waals surface area contributed by atoms with Gasteiger partial charge in [0, 0.05) is 63.2 Å². The second-order valence-corrected chi connectivity index (χ2v) is 12.8. The molecule has 0 saturated carbocycles. The number of aryl methyl sites for hydroxylation is 3. The van der Waals surface area contributed by atoms with Crippen molar-refractivity contribution in [2.45, 2.75) is 85.7 Å². The lowest BCUT2D eigenvalue weighted by atomic mass is 9.86. The molecule has 3 atom stereocenters. The summed E-state index contributed by atoms with van der Waals surface area (Å²) in [5.74, 6) is 0.406. The van der Waals surface area contributed by atoms with Crippen molar-refractivity contribution in [3.8, 4) is 0 Å². The Bertz CT molecular complexity index is 1800. The Labute approximate surface area is 277 Å². The van der Waals surface area contributed by atoms with Crippen molar-refractivity contribution in [3.63, 3.8) is 0 Å². The zero-order valence-corrected chi connectivity index (χ0v) is 29.2. The number of H-pyrrole nitrogens is 2. The number of ether oxygens (including phenoxy) is 3. The molecule has 0 aromatic carbocycles. The Hall–Kier alpha value is -3.46. The van der Waals surface area contributed by atoms with Crippen LogP contribution in [0.5, 0.6) is 0 Å². The topological polar surface area (TPSA) is 102 Å². The summed E-state index contributed by atoms with van der Waals surface area (Å²) in [5, 5.41) is 0. The Morgan fingerprint density at radius 3 is 2.41 bits per heavy atom. The molecule has 5 rings (SSSR count). The van der Waals surface area contributed by atoms with E-state index in [-0.39, 0.29) is 23.9 Å². The highest BCUT2D eigenvalue weighted by Crippen LogP contribution is 2.42. The lowest BCUT2D eigenvalue weighted by molar-refractivity contribution is -0.140. The molecule has 8 nitrogen and oxygen atoms in total. The van der Waals surface area contributed by atoms with Gasteiger partial charge in [-0.15, -0.1) is 11.6 Å². The van der Waals surface area contributed by atoms with Gasteiger partial charge in [0.15, 0.2) is 0 Å². The van der Waals surface area contributed by atoms with E-state index < -0.39 is 0 Å². The Kier molecular flexibility index (Phi) is 10.7. The van der Waals surface area contributed by atoms with Gasteiger partial charge in [-0.2, -0.15) is 0 Å². The van der Waals surface area contributed by atoms with Crippen molar-refractivity contribution in [1.82, 2.24) is 19.9 Å². The van der Waals surface area contributed by atoms with Crippen LogP contribution in [0.2, 0.25) is 0 Å². The second-order valence-electron chi connectivity index (χ2n) is 12.4. The number of carbonyl (C=O) groups excluding carboxylic acids is 1. The third-order valence-electron chi connectivity index (χ3n) is 9.58. The van der Waals surface area contributed by atoms with Gasteiger partial charge in [-0.05, 0) is 99.6 Å². The number of esters is 1. The normalized spacial score (nSPS) is 16.8. The number of hydrogen-bond acceptors (Lipinski definition) is 6. The van der Waals surface area contributed by atoms with Gasteiger partial charge in [0.2, 0.25) is 0 Å². The largest absolute Gasteiger partial charge is 0.469 e. The number of carbonyl (C=O) groups is 1. The number of nitrogens with one attached hydrogen (secondary N) is 2. The Morgan fingerprint density at radius 2 is 1.70 bits per heavy atom. The van der Waals surface area contributed by atoms with Crippen molar-refractivity contribution < 1.29 is 19.0 Å². The van der Waals surface area contributed by atoms with E-state index in [4.69, 9.17) is 35.8 Å².